The van der Waals surface area contributed by atoms with Crippen LogP contribution >= 0.6 is 23.1 Å². The van der Waals surface area contributed by atoms with Crippen molar-refractivity contribution >= 4 is 39.2 Å². The van der Waals surface area contributed by atoms with Gasteiger partial charge in [0.25, 0.3) is 0 Å². The third kappa shape index (κ3) is 3.53. The minimum absolute atomic E-state index is 0.0530. The topological polar surface area (TPSA) is 63.9 Å². The summed E-state index contributed by atoms with van der Waals surface area (Å²) in [7, 11) is 3.67. The number of thiazole rings is 1. The molecule has 0 aliphatic rings. The summed E-state index contributed by atoms with van der Waals surface area (Å²) >= 11 is 3.03. The molecule has 1 atom stereocenters. The lowest BCUT2D eigenvalue weighted by molar-refractivity contribution is -0.129. The molecule has 2 heterocycles. The molecule has 0 spiro atoms. The van der Waals surface area contributed by atoms with E-state index in [2.05, 4.69) is 15.2 Å². The number of hydrogen-bond acceptors (Lipinski definition) is 6. The number of aromatic nitrogens is 4. The molecular formula is C15H17N5OS2. The molecule has 3 aromatic rings. The monoisotopic (exact) mass is 347 g/mol. The average Bonchev–Trinajstić information content (AvgIpc) is 3.12. The number of benzene rings is 1. The Morgan fingerprint density at radius 2 is 2.22 bits per heavy atom. The number of hydrogen-bond donors (Lipinski definition) is 0. The van der Waals surface area contributed by atoms with Gasteiger partial charge in [-0.05, 0) is 19.1 Å². The summed E-state index contributed by atoms with van der Waals surface area (Å²) in [5.74, 6) is 0.0530. The fourth-order valence-corrected chi connectivity index (χ4v) is 4.09. The van der Waals surface area contributed by atoms with Crippen LogP contribution in [0.4, 0.5) is 0 Å². The van der Waals surface area contributed by atoms with Gasteiger partial charge in [0.05, 0.1) is 22.0 Å². The molecule has 0 fully saturated rings. The smallest absolute Gasteiger partial charge is 0.236 e. The lowest BCUT2D eigenvalue weighted by Crippen LogP contribution is -2.32. The molecule has 23 heavy (non-hydrogen) atoms. The van der Waals surface area contributed by atoms with E-state index in [1.165, 1.54) is 11.8 Å². The highest BCUT2D eigenvalue weighted by atomic mass is 32.2. The summed E-state index contributed by atoms with van der Waals surface area (Å²) in [5, 5.41) is 9.29. The van der Waals surface area contributed by atoms with Gasteiger partial charge in [-0.25, -0.2) is 4.98 Å². The number of aryl methyl sites for hydroxylation is 1. The number of rotatable bonds is 5. The predicted octanol–water partition coefficient (Wildman–Crippen LogP) is 2.56. The van der Waals surface area contributed by atoms with Crippen LogP contribution in [0.25, 0.3) is 10.2 Å². The van der Waals surface area contributed by atoms with Gasteiger partial charge in [-0.2, -0.15) is 0 Å². The van der Waals surface area contributed by atoms with E-state index in [-0.39, 0.29) is 11.2 Å². The molecule has 8 heteroatoms. The molecular weight excluding hydrogens is 330 g/mol. The van der Waals surface area contributed by atoms with E-state index in [1.54, 1.807) is 22.6 Å². The summed E-state index contributed by atoms with van der Waals surface area (Å²) in [6.07, 6.45) is 1.63. The molecule has 0 saturated carbocycles. The van der Waals surface area contributed by atoms with Crippen molar-refractivity contribution in [1.29, 1.82) is 0 Å². The summed E-state index contributed by atoms with van der Waals surface area (Å²) in [4.78, 5) is 18.8. The van der Waals surface area contributed by atoms with Crippen molar-refractivity contribution in [1.82, 2.24) is 24.6 Å². The summed E-state index contributed by atoms with van der Waals surface area (Å²) < 4.78 is 2.95. The van der Waals surface area contributed by atoms with Crippen molar-refractivity contribution in [3.05, 3.63) is 35.6 Å². The largest absolute Gasteiger partial charge is 0.338 e. The van der Waals surface area contributed by atoms with Gasteiger partial charge in [-0.3, -0.25) is 4.79 Å². The van der Waals surface area contributed by atoms with E-state index in [0.29, 0.717) is 6.54 Å². The van der Waals surface area contributed by atoms with Gasteiger partial charge in [0.15, 0.2) is 5.16 Å². The zero-order valence-corrected chi connectivity index (χ0v) is 14.8. The first kappa shape index (κ1) is 15.9. The molecule has 1 aromatic carbocycles. The molecule has 3 rings (SSSR count). The molecule has 0 aliphatic carbocycles. The number of thioether (sulfide) groups is 1. The molecule has 0 N–H and O–H groups in total. The minimum Gasteiger partial charge on any atom is -0.338 e. The number of fused-ring (bicyclic) bond motifs is 1. The first-order valence-electron chi connectivity index (χ1n) is 7.14. The molecule has 0 saturated heterocycles. The Balaban J connectivity index is 1.65. The Kier molecular flexibility index (Phi) is 4.63. The van der Waals surface area contributed by atoms with Crippen molar-refractivity contribution in [2.45, 2.75) is 23.9 Å². The van der Waals surface area contributed by atoms with Crippen LogP contribution < -0.4 is 0 Å². The maximum Gasteiger partial charge on any atom is 0.236 e. The van der Waals surface area contributed by atoms with Gasteiger partial charge in [-0.1, -0.05) is 23.9 Å². The van der Waals surface area contributed by atoms with Crippen LogP contribution in [0.15, 0.2) is 35.7 Å². The molecule has 120 valence electrons. The molecule has 0 bridgehead atoms. The molecule has 6 nitrogen and oxygen atoms in total. The van der Waals surface area contributed by atoms with Gasteiger partial charge in [0.2, 0.25) is 5.91 Å². The molecule has 1 unspecified atom stereocenters. The van der Waals surface area contributed by atoms with Crippen LogP contribution in [0.5, 0.6) is 0 Å². The van der Waals surface area contributed by atoms with Crippen LogP contribution in [0.2, 0.25) is 0 Å². The highest BCUT2D eigenvalue weighted by Gasteiger charge is 2.21. The van der Waals surface area contributed by atoms with Crippen LogP contribution in [-0.4, -0.2) is 42.9 Å². The van der Waals surface area contributed by atoms with Crippen LogP contribution in [0.3, 0.4) is 0 Å². The number of para-hydroxylation sites is 1. The summed E-state index contributed by atoms with van der Waals surface area (Å²) in [6, 6.07) is 8.01. The SMILES string of the molecule is CC(Sc1nncn1C)C(=O)N(C)Cc1nc2ccccc2s1. The second kappa shape index (κ2) is 6.67. The lowest BCUT2D eigenvalue weighted by Gasteiger charge is -2.19. The molecule has 1 amide bonds. The fourth-order valence-electron chi connectivity index (χ4n) is 2.17. The number of carbonyl (C=O) groups is 1. The Morgan fingerprint density at radius 3 is 2.91 bits per heavy atom. The maximum atomic E-state index is 12.5. The fraction of sp³-hybridized carbons (Fsp3) is 0.333. The number of amides is 1. The molecule has 0 aliphatic heterocycles. The highest BCUT2D eigenvalue weighted by molar-refractivity contribution is 8.00. The van der Waals surface area contributed by atoms with Crippen LogP contribution in [-0.2, 0) is 18.4 Å². The first-order chi connectivity index (χ1) is 11.0. The zero-order valence-electron chi connectivity index (χ0n) is 13.1. The Morgan fingerprint density at radius 1 is 1.43 bits per heavy atom. The zero-order chi connectivity index (χ0) is 16.4. The van der Waals surface area contributed by atoms with Gasteiger partial charge in [0, 0.05) is 14.1 Å². The van der Waals surface area contributed by atoms with E-state index in [1.807, 2.05) is 49.9 Å². The Hall–Kier alpha value is -1.93. The normalized spacial score (nSPS) is 12.5. The van der Waals surface area contributed by atoms with Crippen molar-refractivity contribution in [3.63, 3.8) is 0 Å². The van der Waals surface area contributed by atoms with Crippen molar-refractivity contribution in [3.8, 4) is 0 Å². The Bertz CT molecular complexity index is 795. The highest BCUT2D eigenvalue weighted by Crippen LogP contribution is 2.24. The Labute approximate surface area is 142 Å². The maximum absolute atomic E-state index is 12.5. The predicted molar refractivity (Wildman–Crippen MR) is 92.4 cm³/mol. The average molecular weight is 347 g/mol. The molecule has 0 radical (unpaired) electrons. The summed E-state index contributed by atoms with van der Waals surface area (Å²) in [6.45, 7) is 2.40. The van der Waals surface area contributed by atoms with Crippen molar-refractivity contribution in [2.75, 3.05) is 7.05 Å². The van der Waals surface area contributed by atoms with Gasteiger partial charge < -0.3 is 9.47 Å². The summed E-state index contributed by atoms with van der Waals surface area (Å²) in [5.41, 5.74) is 0.981. The second-order valence-electron chi connectivity index (χ2n) is 5.25. The second-order valence-corrected chi connectivity index (χ2v) is 7.68. The van der Waals surface area contributed by atoms with Gasteiger partial charge >= 0.3 is 0 Å². The van der Waals surface area contributed by atoms with Gasteiger partial charge in [0.1, 0.15) is 11.3 Å². The third-order valence-corrected chi connectivity index (χ3v) is 5.54. The number of carbonyl (C=O) groups excluding carboxylic acids is 1. The van der Waals surface area contributed by atoms with Crippen LogP contribution in [0.1, 0.15) is 11.9 Å². The minimum atomic E-state index is -0.225. The van der Waals surface area contributed by atoms with Crippen molar-refractivity contribution < 1.29 is 4.79 Å². The van der Waals surface area contributed by atoms with E-state index in [9.17, 15) is 4.79 Å². The third-order valence-electron chi connectivity index (χ3n) is 3.39. The quantitative estimate of drug-likeness (QED) is 0.664. The van der Waals surface area contributed by atoms with E-state index < -0.39 is 0 Å². The first-order valence-corrected chi connectivity index (χ1v) is 8.84. The molecule has 2 aromatic heterocycles. The van der Waals surface area contributed by atoms with E-state index >= 15 is 0 Å². The van der Waals surface area contributed by atoms with Gasteiger partial charge in [-0.15, -0.1) is 21.5 Å². The van der Waals surface area contributed by atoms with Crippen LogP contribution in [0, 0.1) is 0 Å². The van der Waals surface area contributed by atoms with E-state index in [4.69, 9.17) is 0 Å². The lowest BCUT2D eigenvalue weighted by atomic mass is 10.3. The number of nitrogens with zero attached hydrogens (tertiary/aromatic N) is 5. The standard InChI is InChI=1S/C15H17N5OS2/c1-10(22-15-18-16-9-20(15)3)14(21)19(2)8-13-17-11-6-4-5-7-12(11)23-13/h4-7,9-10H,8H2,1-3H3. The van der Waals surface area contributed by atoms with Crippen molar-refractivity contribution in [2.24, 2.45) is 7.05 Å². The van der Waals surface area contributed by atoms with E-state index in [0.717, 1.165) is 20.4 Å².